The molecule has 2 aromatic rings. The third-order valence-corrected chi connectivity index (χ3v) is 6.32. The highest BCUT2D eigenvalue weighted by Crippen LogP contribution is 2.29. The van der Waals surface area contributed by atoms with Crippen molar-refractivity contribution in [3.05, 3.63) is 36.2 Å². The fourth-order valence-electron chi connectivity index (χ4n) is 3.06. The monoisotopic (exact) mass is 355 g/mol. The Labute approximate surface area is 143 Å². The maximum Gasteiger partial charge on any atom is 0.243 e. The molecule has 0 aliphatic carbocycles. The molecule has 1 saturated heterocycles. The second kappa shape index (κ2) is 7.13. The SMILES string of the molecule is Cc1cncc2cccc(S(=O)(=O)N3CCNCCC3C)c12.Cl. The predicted molar refractivity (Wildman–Crippen MR) is 94.6 cm³/mol. The fourth-order valence-corrected chi connectivity index (χ4v) is 5.01. The van der Waals surface area contributed by atoms with Crippen molar-refractivity contribution < 1.29 is 8.42 Å². The topological polar surface area (TPSA) is 62.3 Å². The quantitative estimate of drug-likeness (QED) is 0.898. The number of aromatic nitrogens is 1. The zero-order valence-electron chi connectivity index (χ0n) is 13.3. The molecule has 1 aromatic carbocycles. The number of pyridine rings is 1. The van der Waals surface area contributed by atoms with Crippen molar-refractivity contribution >= 4 is 33.2 Å². The smallest absolute Gasteiger partial charge is 0.243 e. The van der Waals surface area contributed by atoms with Crippen LogP contribution in [0.15, 0.2) is 35.5 Å². The number of hydrogen-bond acceptors (Lipinski definition) is 4. The molecule has 0 radical (unpaired) electrons. The predicted octanol–water partition coefficient (Wildman–Crippen LogP) is 2.34. The fraction of sp³-hybridized carbons (Fsp3) is 0.438. The molecule has 1 atom stereocenters. The van der Waals surface area contributed by atoms with Crippen LogP contribution in [0.1, 0.15) is 18.9 Å². The van der Waals surface area contributed by atoms with E-state index in [9.17, 15) is 8.42 Å². The Morgan fingerprint density at radius 3 is 2.83 bits per heavy atom. The molecule has 1 N–H and O–H groups in total. The van der Waals surface area contributed by atoms with Gasteiger partial charge in [-0.2, -0.15) is 4.31 Å². The van der Waals surface area contributed by atoms with Gasteiger partial charge in [-0.05, 0) is 38.4 Å². The van der Waals surface area contributed by atoms with Gasteiger partial charge in [0.05, 0.1) is 4.90 Å². The first-order valence-electron chi connectivity index (χ1n) is 7.57. The molecule has 23 heavy (non-hydrogen) atoms. The van der Waals surface area contributed by atoms with Crippen LogP contribution in [0.2, 0.25) is 0 Å². The van der Waals surface area contributed by atoms with Crippen molar-refractivity contribution in [3.8, 4) is 0 Å². The van der Waals surface area contributed by atoms with Crippen molar-refractivity contribution in [2.24, 2.45) is 0 Å². The molecule has 1 aliphatic rings. The van der Waals surface area contributed by atoms with Gasteiger partial charge in [-0.25, -0.2) is 8.42 Å². The summed E-state index contributed by atoms with van der Waals surface area (Å²) in [6, 6.07) is 5.39. The molecule has 1 aromatic heterocycles. The average Bonchev–Trinajstić information content (AvgIpc) is 2.72. The van der Waals surface area contributed by atoms with Gasteiger partial charge < -0.3 is 5.32 Å². The molecular formula is C16H22ClN3O2S. The maximum atomic E-state index is 13.2. The lowest BCUT2D eigenvalue weighted by molar-refractivity contribution is 0.350. The Hall–Kier alpha value is -1.21. The standard InChI is InChI=1S/C16H21N3O2S.ClH/c1-12-10-18-11-14-4-3-5-15(16(12)14)22(20,21)19-9-8-17-7-6-13(19)2;/h3-5,10-11,13,17H,6-9H2,1-2H3;1H. The normalized spacial score (nSPS) is 20.0. The number of fused-ring (bicyclic) bond motifs is 1. The van der Waals surface area contributed by atoms with Gasteiger partial charge in [0.1, 0.15) is 0 Å². The number of benzene rings is 1. The molecule has 1 aliphatic heterocycles. The van der Waals surface area contributed by atoms with E-state index in [1.807, 2.05) is 19.9 Å². The molecule has 2 heterocycles. The van der Waals surface area contributed by atoms with Gasteiger partial charge in [0.2, 0.25) is 10.0 Å². The van der Waals surface area contributed by atoms with Crippen LogP contribution in [0.3, 0.4) is 0 Å². The van der Waals surface area contributed by atoms with E-state index in [-0.39, 0.29) is 18.4 Å². The van der Waals surface area contributed by atoms with Gasteiger partial charge in [0.15, 0.2) is 0 Å². The van der Waals surface area contributed by atoms with Crippen LogP contribution >= 0.6 is 12.4 Å². The molecule has 1 fully saturated rings. The lowest BCUT2D eigenvalue weighted by Crippen LogP contribution is -2.39. The molecule has 3 rings (SSSR count). The summed E-state index contributed by atoms with van der Waals surface area (Å²) in [5.74, 6) is 0. The number of nitrogens with zero attached hydrogens (tertiary/aromatic N) is 2. The Balaban J connectivity index is 0.00000192. The summed E-state index contributed by atoms with van der Waals surface area (Å²) in [5.41, 5.74) is 0.886. The van der Waals surface area contributed by atoms with Gasteiger partial charge in [0, 0.05) is 42.3 Å². The van der Waals surface area contributed by atoms with Gasteiger partial charge in [0.25, 0.3) is 0 Å². The van der Waals surface area contributed by atoms with Crippen LogP contribution in [0.4, 0.5) is 0 Å². The maximum absolute atomic E-state index is 13.2. The van der Waals surface area contributed by atoms with Crippen LogP contribution in [0.5, 0.6) is 0 Å². The van der Waals surface area contributed by atoms with Crippen LogP contribution < -0.4 is 5.32 Å². The van der Waals surface area contributed by atoms with Crippen LogP contribution in [-0.4, -0.2) is 43.4 Å². The van der Waals surface area contributed by atoms with Crippen LogP contribution in [0.25, 0.3) is 10.8 Å². The van der Waals surface area contributed by atoms with Crippen LogP contribution in [0, 0.1) is 6.92 Å². The minimum atomic E-state index is -3.52. The van der Waals surface area contributed by atoms with E-state index in [1.165, 1.54) is 0 Å². The Bertz CT molecular complexity index is 790. The highest BCUT2D eigenvalue weighted by atomic mass is 35.5. The molecular weight excluding hydrogens is 334 g/mol. The third kappa shape index (κ3) is 3.35. The number of sulfonamides is 1. The Kier molecular flexibility index (Phi) is 5.62. The van der Waals surface area contributed by atoms with Gasteiger partial charge in [-0.3, -0.25) is 4.98 Å². The lowest BCUT2D eigenvalue weighted by atomic mass is 10.1. The average molecular weight is 356 g/mol. The van der Waals surface area contributed by atoms with E-state index >= 15 is 0 Å². The number of nitrogens with one attached hydrogen (secondary N) is 1. The summed E-state index contributed by atoms with van der Waals surface area (Å²) in [6.45, 7) is 5.93. The lowest BCUT2D eigenvalue weighted by Gasteiger charge is -2.26. The van der Waals surface area contributed by atoms with Crippen LogP contribution in [-0.2, 0) is 10.0 Å². The summed E-state index contributed by atoms with van der Waals surface area (Å²) in [6.07, 6.45) is 4.26. The second-order valence-corrected chi connectivity index (χ2v) is 7.67. The first-order valence-corrected chi connectivity index (χ1v) is 9.01. The highest BCUT2D eigenvalue weighted by molar-refractivity contribution is 7.89. The molecule has 7 heteroatoms. The van der Waals surface area contributed by atoms with E-state index < -0.39 is 10.0 Å². The first kappa shape index (κ1) is 18.1. The second-order valence-electron chi connectivity index (χ2n) is 5.81. The van der Waals surface area contributed by atoms with E-state index in [2.05, 4.69) is 10.3 Å². The first-order chi connectivity index (χ1) is 10.5. The highest BCUT2D eigenvalue weighted by Gasteiger charge is 2.31. The minimum Gasteiger partial charge on any atom is -0.315 e. The van der Waals surface area contributed by atoms with Crippen molar-refractivity contribution in [1.29, 1.82) is 0 Å². The molecule has 5 nitrogen and oxygen atoms in total. The summed E-state index contributed by atoms with van der Waals surface area (Å²) in [4.78, 5) is 4.55. The van der Waals surface area contributed by atoms with E-state index in [4.69, 9.17) is 0 Å². The van der Waals surface area contributed by atoms with Crippen molar-refractivity contribution in [2.75, 3.05) is 19.6 Å². The number of rotatable bonds is 2. The van der Waals surface area contributed by atoms with E-state index in [0.29, 0.717) is 18.0 Å². The molecule has 0 amide bonds. The molecule has 0 saturated carbocycles. The largest absolute Gasteiger partial charge is 0.315 e. The van der Waals surface area contributed by atoms with E-state index in [1.54, 1.807) is 28.8 Å². The molecule has 1 unspecified atom stereocenters. The summed E-state index contributed by atoms with van der Waals surface area (Å²) < 4.78 is 28.0. The van der Waals surface area contributed by atoms with Gasteiger partial charge in [-0.15, -0.1) is 12.4 Å². The van der Waals surface area contributed by atoms with Crippen molar-refractivity contribution in [3.63, 3.8) is 0 Å². The summed E-state index contributed by atoms with van der Waals surface area (Å²) in [5, 5.41) is 4.91. The minimum absolute atomic E-state index is 0. The summed E-state index contributed by atoms with van der Waals surface area (Å²) >= 11 is 0. The summed E-state index contributed by atoms with van der Waals surface area (Å²) in [7, 11) is -3.52. The molecule has 0 spiro atoms. The zero-order chi connectivity index (χ0) is 15.7. The third-order valence-electron chi connectivity index (χ3n) is 4.26. The number of aryl methyl sites for hydroxylation is 1. The van der Waals surface area contributed by atoms with Crippen molar-refractivity contribution in [2.45, 2.75) is 31.2 Å². The zero-order valence-corrected chi connectivity index (χ0v) is 15.0. The van der Waals surface area contributed by atoms with E-state index in [0.717, 1.165) is 29.3 Å². The molecule has 0 bridgehead atoms. The number of halogens is 1. The number of hydrogen-bond donors (Lipinski definition) is 1. The Morgan fingerprint density at radius 2 is 2.04 bits per heavy atom. The Morgan fingerprint density at radius 1 is 1.26 bits per heavy atom. The van der Waals surface area contributed by atoms with Gasteiger partial charge >= 0.3 is 0 Å². The molecule has 126 valence electrons. The van der Waals surface area contributed by atoms with Crippen molar-refractivity contribution in [1.82, 2.24) is 14.6 Å². The van der Waals surface area contributed by atoms with Gasteiger partial charge in [-0.1, -0.05) is 12.1 Å².